The molecule has 0 radical (unpaired) electrons. The molecular formula is C7H14S. The predicted molar refractivity (Wildman–Crippen MR) is 40.4 cm³/mol. The van der Waals surface area contributed by atoms with Gasteiger partial charge in [-0.05, 0) is 18.8 Å². The van der Waals surface area contributed by atoms with Crippen LogP contribution >= 0.6 is 12.6 Å². The normalized spacial score (nSPS) is 39.8. The molecule has 1 aliphatic rings. The number of thiol groups is 1. The topological polar surface area (TPSA) is 0 Å². The molecule has 0 nitrogen and oxygen atoms in total. The molecule has 0 saturated heterocycles. The minimum atomic E-state index is 0.698. The molecule has 0 unspecified atom stereocenters. The van der Waals surface area contributed by atoms with Crippen molar-refractivity contribution in [3.63, 3.8) is 0 Å². The van der Waals surface area contributed by atoms with Crippen LogP contribution in [0.25, 0.3) is 0 Å². The zero-order valence-electron chi connectivity index (χ0n) is 5.43. The molecule has 1 aliphatic carbocycles. The Kier molecular flexibility index (Phi) is 2.24. The van der Waals surface area contributed by atoms with Crippen LogP contribution in [0.4, 0.5) is 0 Å². The average molecular weight is 130 g/mol. The van der Waals surface area contributed by atoms with Crippen molar-refractivity contribution >= 4 is 12.6 Å². The third-order valence-corrected chi connectivity index (χ3v) is 2.83. The van der Waals surface area contributed by atoms with Crippen molar-refractivity contribution in [1.82, 2.24) is 0 Å². The summed E-state index contributed by atoms with van der Waals surface area (Å²) in [6.07, 6.45) is 5.56. The number of hydrogen-bond donors (Lipinski definition) is 1. The van der Waals surface area contributed by atoms with Gasteiger partial charge in [-0.3, -0.25) is 0 Å². The molecular weight excluding hydrogens is 116 g/mol. The summed E-state index contributed by atoms with van der Waals surface area (Å²) in [6, 6.07) is 0. The largest absolute Gasteiger partial charge is 0.176 e. The Labute approximate surface area is 57.1 Å². The van der Waals surface area contributed by atoms with E-state index < -0.39 is 0 Å². The van der Waals surface area contributed by atoms with Crippen molar-refractivity contribution in [2.75, 3.05) is 0 Å². The summed E-state index contributed by atoms with van der Waals surface area (Å²) in [5.74, 6) is 0.868. The molecule has 0 aromatic carbocycles. The highest BCUT2D eigenvalue weighted by Gasteiger charge is 2.16. The predicted octanol–water partition coefficient (Wildman–Crippen LogP) is 2.49. The highest BCUT2D eigenvalue weighted by molar-refractivity contribution is 7.81. The van der Waals surface area contributed by atoms with E-state index in [0.29, 0.717) is 5.25 Å². The summed E-state index contributed by atoms with van der Waals surface area (Å²) >= 11 is 4.46. The molecule has 1 heteroatoms. The van der Waals surface area contributed by atoms with Gasteiger partial charge in [-0.25, -0.2) is 0 Å². The van der Waals surface area contributed by atoms with Crippen LogP contribution in [0.1, 0.15) is 32.6 Å². The Bertz CT molecular complexity index is 60.8. The molecule has 2 atom stereocenters. The highest BCUT2D eigenvalue weighted by Crippen LogP contribution is 2.27. The van der Waals surface area contributed by atoms with E-state index in [1.54, 1.807) is 0 Å². The zero-order valence-corrected chi connectivity index (χ0v) is 6.32. The summed E-state index contributed by atoms with van der Waals surface area (Å²) < 4.78 is 0. The quantitative estimate of drug-likeness (QED) is 0.478. The number of hydrogen-bond acceptors (Lipinski definition) is 1. The maximum Gasteiger partial charge on any atom is 0.00424 e. The van der Waals surface area contributed by atoms with Crippen molar-refractivity contribution < 1.29 is 0 Å². The molecule has 0 heterocycles. The van der Waals surface area contributed by atoms with Crippen LogP contribution in [-0.2, 0) is 0 Å². The van der Waals surface area contributed by atoms with Gasteiger partial charge in [0.05, 0.1) is 0 Å². The summed E-state index contributed by atoms with van der Waals surface area (Å²) in [4.78, 5) is 0. The Hall–Kier alpha value is 0.350. The third-order valence-electron chi connectivity index (χ3n) is 2.07. The third kappa shape index (κ3) is 1.41. The monoisotopic (exact) mass is 130 g/mol. The fourth-order valence-electron chi connectivity index (χ4n) is 1.30. The van der Waals surface area contributed by atoms with E-state index in [1.165, 1.54) is 25.7 Å². The summed E-state index contributed by atoms with van der Waals surface area (Å²) in [7, 11) is 0. The van der Waals surface area contributed by atoms with Gasteiger partial charge in [0.1, 0.15) is 0 Å². The Morgan fingerprint density at radius 1 is 1.25 bits per heavy atom. The lowest BCUT2D eigenvalue weighted by atomic mass is 9.90. The molecule has 0 N–H and O–H groups in total. The van der Waals surface area contributed by atoms with E-state index in [2.05, 4.69) is 19.6 Å². The van der Waals surface area contributed by atoms with Gasteiger partial charge in [-0.15, -0.1) is 0 Å². The van der Waals surface area contributed by atoms with Crippen LogP contribution in [-0.4, -0.2) is 5.25 Å². The first kappa shape index (κ1) is 6.47. The molecule has 1 saturated carbocycles. The van der Waals surface area contributed by atoms with Crippen molar-refractivity contribution in [3.05, 3.63) is 0 Å². The van der Waals surface area contributed by atoms with Gasteiger partial charge in [0.15, 0.2) is 0 Å². The highest BCUT2D eigenvalue weighted by atomic mass is 32.1. The minimum absolute atomic E-state index is 0.698. The summed E-state index contributed by atoms with van der Waals surface area (Å²) in [5.41, 5.74) is 0. The average Bonchev–Trinajstić information content (AvgIpc) is 1.77. The lowest BCUT2D eigenvalue weighted by molar-refractivity contribution is 0.399. The maximum absolute atomic E-state index is 4.46. The van der Waals surface area contributed by atoms with Gasteiger partial charge >= 0.3 is 0 Å². The first-order valence-electron chi connectivity index (χ1n) is 3.49. The maximum atomic E-state index is 4.46. The van der Waals surface area contributed by atoms with Gasteiger partial charge < -0.3 is 0 Å². The second-order valence-electron chi connectivity index (χ2n) is 2.83. The second kappa shape index (κ2) is 2.77. The van der Waals surface area contributed by atoms with Crippen LogP contribution < -0.4 is 0 Å². The first-order chi connectivity index (χ1) is 3.80. The van der Waals surface area contributed by atoms with Gasteiger partial charge in [0.25, 0.3) is 0 Å². The molecule has 0 aromatic heterocycles. The fourth-order valence-corrected chi connectivity index (χ4v) is 1.63. The van der Waals surface area contributed by atoms with E-state index in [9.17, 15) is 0 Å². The van der Waals surface area contributed by atoms with E-state index >= 15 is 0 Å². The lowest BCUT2D eigenvalue weighted by Crippen LogP contribution is -2.15. The Balaban J connectivity index is 2.28. The van der Waals surface area contributed by atoms with Crippen molar-refractivity contribution in [3.8, 4) is 0 Å². The molecule has 48 valence electrons. The van der Waals surface area contributed by atoms with Gasteiger partial charge in [0.2, 0.25) is 0 Å². The van der Waals surface area contributed by atoms with Gasteiger partial charge in [-0.2, -0.15) is 12.6 Å². The van der Waals surface area contributed by atoms with E-state index in [1.807, 2.05) is 0 Å². The van der Waals surface area contributed by atoms with Crippen molar-refractivity contribution in [2.45, 2.75) is 37.9 Å². The zero-order chi connectivity index (χ0) is 5.98. The van der Waals surface area contributed by atoms with Gasteiger partial charge in [0, 0.05) is 5.25 Å². The molecule has 0 aliphatic heterocycles. The van der Waals surface area contributed by atoms with Crippen LogP contribution in [0.5, 0.6) is 0 Å². The van der Waals surface area contributed by atoms with E-state index in [4.69, 9.17) is 0 Å². The van der Waals surface area contributed by atoms with Crippen LogP contribution in [0.3, 0.4) is 0 Å². The molecule has 0 amide bonds. The van der Waals surface area contributed by atoms with Crippen molar-refractivity contribution in [1.29, 1.82) is 0 Å². The Morgan fingerprint density at radius 3 is 2.25 bits per heavy atom. The number of rotatable bonds is 0. The molecule has 0 bridgehead atoms. The minimum Gasteiger partial charge on any atom is -0.176 e. The van der Waals surface area contributed by atoms with Crippen LogP contribution in [0.2, 0.25) is 0 Å². The van der Waals surface area contributed by atoms with Crippen molar-refractivity contribution in [2.24, 2.45) is 5.92 Å². The van der Waals surface area contributed by atoms with Crippen LogP contribution in [0, 0.1) is 5.92 Å². The van der Waals surface area contributed by atoms with Crippen LogP contribution in [0.15, 0.2) is 0 Å². The lowest BCUT2D eigenvalue weighted by Gasteiger charge is -2.23. The Morgan fingerprint density at radius 2 is 1.88 bits per heavy atom. The smallest absolute Gasteiger partial charge is 0.00424 e. The summed E-state index contributed by atoms with van der Waals surface area (Å²) in [6.45, 7) is 2.30. The van der Waals surface area contributed by atoms with E-state index in [-0.39, 0.29) is 0 Å². The molecule has 0 aromatic rings. The molecule has 1 fully saturated rings. The molecule has 0 spiro atoms. The first-order valence-corrected chi connectivity index (χ1v) is 4.00. The molecule has 8 heavy (non-hydrogen) atoms. The molecule has 1 rings (SSSR count). The SMILES string of the molecule is C[C@@H]1CCCC[C@@H]1S. The van der Waals surface area contributed by atoms with Gasteiger partial charge in [-0.1, -0.05) is 19.8 Å². The second-order valence-corrected chi connectivity index (χ2v) is 3.49. The summed E-state index contributed by atoms with van der Waals surface area (Å²) in [5, 5.41) is 0.698. The van der Waals surface area contributed by atoms with E-state index in [0.717, 1.165) is 5.92 Å². The fraction of sp³-hybridized carbons (Fsp3) is 1.00. The standard InChI is InChI=1S/C7H14S/c1-6-4-2-3-5-7(6)8/h6-8H,2-5H2,1H3/t6-,7+/m1/s1.